The van der Waals surface area contributed by atoms with Crippen molar-refractivity contribution in [3.8, 4) is 0 Å². The number of benzene rings is 1. The number of nitrogens with two attached hydrogens (primary N) is 1. The molecular weight excluding hydrogens is 269 g/mol. The molecule has 2 atom stereocenters. The van der Waals surface area contributed by atoms with Gasteiger partial charge in [0.2, 0.25) is 0 Å². The molecular formula is C14H21Cl2NO. The van der Waals surface area contributed by atoms with E-state index in [4.69, 9.17) is 28.9 Å². The lowest BCUT2D eigenvalue weighted by Gasteiger charge is -2.24. The molecule has 1 aromatic carbocycles. The molecule has 3 N–H and O–H groups in total. The van der Waals surface area contributed by atoms with Crippen molar-refractivity contribution in [1.29, 1.82) is 0 Å². The van der Waals surface area contributed by atoms with Gasteiger partial charge in [-0.3, -0.25) is 0 Å². The summed E-state index contributed by atoms with van der Waals surface area (Å²) < 4.78 is 0. The van der Waals surface area contributed by atoms with Crippen molar-refractivity contribution in [2.75, 3.05) is 6.54 Å². The van der Waals surface area contributed by atoms with Gasteiger partial charge in [-0.1, -0.05) is 43.1 Å². The van der Waals surface area contributed by atoms with Gasteiger partial charge in [-0.15, -0.1) is 0 Å². The van der Waals surface area contributed by atoms with Crippen LogP contribution in [0.15, 0.2) is 18.2 Å². The molecule has 2 unspecified atom stereocenters. The molecule has 0 heterocycles. The number of aliphatic hydroxyl groups excluding tert-OH is 1. The normalized spacial score (nSPS) is 14.8. The Kier molecular flexibility index (Phi) is 6.44. The summed E-state index contributed by atoms with van der Waals surface area (Å²) in [6.07, 6.45) is 1.16. The Bertz CT molecular complexity index is 362. The van der Waals surface area contributed by atoms with Gasteiger partial charge in [0.05, 0.1) is 6.10 Å². The summed E-state index contributed by atoms with van der Waals surface area (Å²) in [7, 11) is 0. The maximum Gasteiger partial charge on any atom is 0.0622 e. The zero-order chi connectivity index (χ0) is 13.7. The van der Waals surface area contributed by atoms with Crippen molar-refractivity contribution in [2.45, 2.75) is 38.7 Å². The topological polar surface area (TPSA) is 46.2 Å². The second-order valence-electron chi connectivity index (χ2n) is 5.02. The van der Waals surface area contributed by atoms with Gasteiger partial charge in [0.25, 0.3) is 0 Å². The minimum atomic E-state index is -0.505. The van der Waals surface area contributed by atoms with Gasteiger partial charge in [0.15, 0.2) is 0 Å². The summed E-state index contributed by atoms with van der Waals surface area (Å²) in [6.45, 7) is 4.60. The third kappa shape index (κ3) is 4.13. The van der Waals surface area contributed by atoms with Crippen molar-refractivity contribution in [2.24, 2.45) is 11.7 Å². The van der Waals surface area contributed by atoms with Crippen molar-refractivity contribution in [1.82, 2.24) is 0 Å². The highest BCUT2D eigenvalue weighted by Crippen LogP contribution is 2.34. The number of aliphatic hydroxyl groups is 1. The van der Waals surface area contributed by atoms with Crippen LogP contribution in [0.25, 0.3) is 0 Å². The third-order valence-electron chi connectivity index (χ3n) is 3.13. The van der Waals surface area contributed by atoms with Crippen LogP contribution >= 0.6 is 23.2 Å². The molecule has 4 heteroatoms. The molecule has 0 fully saturated rings. The Hall–Kier alpha value is -0.280. The SMILES string of the molecule is CC(C)CCC(O)C(CN)c1c(Cl)cccc1Cl. The largest absolute Gasteiger partial charge is 0.392 e. The number of halogens is 2. The van der Waals surface area contributed by atoms with E-state index in [1.807, 2.05) is 0 Å². The lowest BCUT2D eigenvalue weighted by Crippen LogP contribution is -2.26. The molecule has 1 aromatic rings. The van der Waals surface area contributed by atoms with Gasteiger partial charge in [-0.05, 0) is 36.5 Å². The first-order valence-corrected chi connectivity index (χ1v) is 7.05. The average molecular weight is 290 g/mol. The van der Waals surface area contributed by atoms with Crippen molar-refractivity contribution in [3.63, 3.8) is 0 Å². The highest BCUT2D eigenvalue weighted by atomic mass is 35.5. The van der Waals surface area contributed by atoms with Crippen LogP contribution in [0.4, 0.5) is 0 Å². The van der Waals surface area contributed by atoms with Crippen molar-refractivity contribution in [3.05, 3.63) is 33.8 Å². The Balaban J connectivity index is 2.88. The first-order valence-electron chi connectivity index (χ1n) is 6.29. The monoisotopic (exact) mass is 289 g/mol. The number of rotatable bonds is 6. The molecule has 1 rings (SSSR count). The number of hydrogen-bond donors (Lipinski definition) is 2. The Labute approximate surface area is 119 Å². The lowest BCUT2D eigenvalue weighted by atomic mass is 9.89. The van der Waals surface area contributed by atoms with Crippen molar-refractivity contribution >= 4 is 23.2 Å². The maximum atomic E-state index is 10.3. The van der Waals surface area contributed by atoms with Gasteiger partial charge < -0.3 is 10.8 Å². The summed E-state index contributed by atoms with van der Waals surface area (Å²) >= 11 is 12.3. The molecule has 0 aliphatic heterocycles. The highest BCUT2D eigenvalue weighted by molar-refractivity contribution is 6.36. The van der Waals surface area contributed by atoms with Crippen LogP contribution < -0.4 is 5.73 Å². The molecule has 0 aliphatic rings. The van der Waals surface area contributed by atoms with E-state index < -0.39 is 6.10 Å². The molecule has 0 spiro atoms. The van der Waals surface area contributed by atoms with E-state index in [9.17, 15) is 5.11 Å². The van der Waals surface area contributed by atoms with E-state index >= 15 is 0 Å². The fraction of sp³-hybridized carbons (Fsp3) is 0.571. The molecule has 0 radical (unpaired) electrons. The smallest absolute Gasteiger partial charge is 0.0622 e. The van der Waals surface area contributed by atoms with Crippen LogP contribution in [0, 0.1) is 5.92 Å². The summed E-state index contributed by atoms with van der Waals surface area (Å²) in [5.41, 5.74) is 6.54. The van der Waals surface area contributed by atoms with Gasteiger partial charge in [-0.25, -0.2) is 0 Å². The van der Waals surface area contributed by atoms with E-state index in [1.165, 1.54) is 0 Å². The minimum Gasteiger partial charge on any atom is -0.392 e. The van der Waals surface area contributed by atoms with Gasteiger partial charge in [0.1, 0.15) is 0 Å². The molecule has 0 amide bonds. The van der Waals surface area contributed by atoms with E-state index in [0.717, 1.165) is 12.0 Å². The van der Waals surface area contributed by atoms with E-state index in [-0.39, 0.29) is 5.92 Å². The van der Waals surface area contributed by atoms with Crippen LogP contribution in [0.3, 0.4) is 0 Å². The van der Waals surface area contributed by atoms with Gasteiger partial charge >= 0.3 is 0 Å². The standard InChI is InChI=1S/C14H21Cl2NO/c1-9(2)6-7-13(18)10(8-17)14-11(15)4-3-5-12(14)16/h3-5,9-10,13,18H,6-8,17H2,1-2H3. The quantitative estimate of drug-likeness (QED) is 0.836. The molecule has 0 saturated carbocycles. The Morgan fingerprint density at radius 3 is 2.17 bits per heavy atom. The fourth-order valence-corrected chi connectivity index (χ4v) is 2.72. The van der Waals surface area contributed by atoms with Crippen LogP contribution in [0.5, 0.6) is 0 Å². The summed E-state index contributed by atoms with van der Waals surface area (Å²) in [5, 5.41) is 11.4. The average Bonchev–Trinajstić information content (AvgIpc) is 2.31. The summed E-state index contributed by atoms with van der Waals surface area (Å²) in [6, 6.07) is 5.35. The van der Waals surface area contributed by atoms with E-state index in [2.05, 4.69) is 13.8 Å². The van der Waals surface area contributed by atoms with Crippen LogP contribution in [0.1, 0.15) is 38.2 Å². The maximum absolute atomic E-state index is 10.3. The molecule has 0 saturated heterocycles. The third-order valence-corrected chi connectivity index (χ3v) is 3.79. The van der Waals surface area contributed by atoms with Gasteiger partial charge in [-0.2, -0.15) is 0 Å². The molecule has 0 aliphatic carbocycles. The molecule has 18 heavy (non-hydrogen) atoms. The predicted molar refractivity (Wildman–Crippen MR) is 78.3 cm³/mol. The van der Waals surface area contributed by atoms with E-state index in [1.54, 1.807) is 18.2 Å². The lowest BCUT2D eigenvalue weighted by molar-refractivity contribution is 0.129. The summed E-state index contributed by atoms with van der Waals surface area (Å²) in [4.78, 5) is 0. The van der Waals surface area contributed by atoms with E-state index in [0.29, 0.717) is 28.9 Å². The molecule has 0 bridgehead atoms. The number of hydrogen-bond acceptors (Lipinski definition) is 2. The molecule has 2 nitrogen and oxygen atoms in total. The zero-order valence-corrected chi connectivity index (χ0v) is 12.4. The second kappa shape index (κ2) is 7.34. The first kappa shape index (κ1) is 15.8. The predicted octanol–water partition coefficient (Wildman–Crippen LogP) is 3.83. The minimum absolute atomic E-state index is 0.204. The molecule has 102 valence electrons. The zero-order valence-electron chi connectivity index (χ0n) is 10.9. The van der Waals surface area contributed by atoms with Crippen LogP contribution in [-0.4, -0.2) is 17.8 Å². The van der Waals surface area contributed by atoms with Crippen LogP contribution in [-0.2, 0) is 0 Å². The van der Waals surface area contributed by atoms with Gasteiger partial charge in [0, 0.05) is 22.5 Å². The Morgan fingerprint density at radius 2 is 1.72 bits per heavy atom. The first-order chi connectivity index (χ1) is 8.47. The highest BCUT2D eigenvalue weighted by Gasteiger charge is 2.24. The molecule has 0 aromatic heterocycles. The van der Waals surface area contributed by atoms with Crippen LogP contribution in [0.2, 0.25) is 10.0 Å². The fourth-order valence-electron chi connectivity index (χ4n) is 2.04. The second-order valence-corrected chi connectivity index (χ2v) is 5.83. The Morgan fingerprint density at radius 1 is 1.17 bits per heavy atom. The van der Waals surface area contributed by atoms with Crippen molar-refractivity contribution < 1.29 is 5.11 Å². The summed E-state index contributed by atoms with van der Waals surface area (Å²) in [5.74, 6) is 0.352.